The van der Waals surface area contributed by atoms with Gasteiger partial charge >= 0.3 is 0 Å². The molecule has 0 aliphatic heterocycles. The fourth-order valence-electron chi connectivity index (χ4n) is 3.84. The van der Waals surface area contributed by atoms with Crippen LogP contribution in [0.2, 0.25) is 5.02 Å². The zero-order valence-corrected chi connectivity index (χ0v) is 24.6. The quantitative estimate of drug-likeness (QED) is 0.220. The lowest BCUT2D eigenvalue weighted by Gasteiger charge is -2.15. The van der Waals surface area contributed by atoms with Crippen LogP contribution in [0.3, 0.4) is 0 Å². The van der Waals surface area contributed by atoms with Gasteiger partial charge in [-0.1, -0.05) is 63.6 Å². The number of rotatable bonds is 8. The van der Waals surface area contributed by atoms with E-state index in [0.717, 1.165) is 38.1 Å². The third-order valence-electron chi connectivity index (χ3n) is 6.10. The zero-order chi connectivity index (χ0) is 27.4. The Labute approximate surface area is 239 Å². The van der Waals surface area contributed by atoms with Crippen LogP contribution in [-0.2, 0) is 11.3 Å². The van der Waals surface area contributed by atoms with E-state index in [0.29, 0.717) is 21.6 Å². The number of anilines is 1. The summed E-state index contributed by atoms with van der Waals surface area (Å²) in [6.45, 7) is 8.13. The summed E-state index contributed by atoms with van der Waals surface area (Å²) in [6.07, 6.45) is 0. The first-order chi connectivity index (χ1) is 18.1. The van der Waals surface area contributed by atoms with E-state index in [1.807, 2.05) is 68.7 Å². The largest absolute Gasteiger partial charge is 0.345 e. The highest BCUT2D eigenvalue weighted by molar-refractivity contribution is 9.10. The maximum Gasteiger partial charge on any atom is 0.253 e. The number of nitrogens with one attached hydrogen (secondary N) is 2. The van der Waals surface area contributed by atoms with Crippen molar-refractivity contribution in [2.75, 3.05) is 11.1 Å². The van der Waals surface area contributed by atoms with Crippen LogP contribution in [-0.4, -0.2) is 32.3 Å². The second kappa shape index (κ2) is 12.1. The van der Waals surface area contributed by atoms with Crippen molar-refractivity contribution in [1.82, 2.24) is 20.1 Å². The van der Waals surface area contributed by atoms with Crippen molar-refractivity contribution in [1.29, 1.82) is 0 Å². The molecule has 0 saturated carbocycles. The maximum absolute atomic E-state index is 12.9. The number of halogens is 2. The van der Waals surface area contributed by atoms with Crippen molar-refractivity contribution in [3.8, 4) is 5.69 Å². The molecule has 0 spiro atoms. The van der Waals surface area contributed by atoms with Gasteiger partial charge in [-0.2, -0.15) is 0 Å². The van der Waals surface area contributed by atoms with Gasteiger partial charge in [0.15, 0.2) is 11.0 Å². The Morgan fingerprint density at radius 3 is 2.58 bits per heavy atom. The molecular weight excluding hydrogens is 586 g/mol. The predicted octanol–water partition coefficient (Wildman–Crippen LogP) is 6.58. The van der Waals surface area contributed by atoms with Crippen molar-refractivity contribution in [2.24, 2.45) is 0 Å². The first-order valence-electron chi connectivity index (χ1n) is 11.9. The Balaban J connectivity index is 1.57. The van der Waals surface area contributed by atoms with Crippen molar-refractivity contribution in [3.63, 3.8) is 0 Å². The minimum atomic E-state index is -0.325. The molecule has 0 radical (unpaired) electrons. The molecule has 196 valence electrons. The average molecular weight is 613 g/mol. The van der Waals surface area contributed by atoms with Gasteiger partial charge in [-0.15, -0.1) is 10.2 Å². The monoisotopic (exact) mass is 611 g/mol. The van der Waals surface area contributed by atoms with Gasteiger partial charge in [-0.05, 0) is 80.3 Å². The molecule has 4 aromatic rings. The molecule has 7 nitrogen and oxygen atoms in total. The number of carbonyl (C=O) groups excluding carboxylic acids is 2. The van der Waals surface area contributed by atoms with E-state index >= 15 is 0 Å². The highest BCUT2D eigenvalue weighted by Crippen LogP contribution is 2.27. The molecular formula is C28H27BrClN5O2S. The van der Waals surface area contributed by atoms with Crippen molar-refractivity contribution >= 4 is 56.8 Å². The minimum absolute atomic E-state index is 0.122. The van der Waals surface area contributed by atoms with Gasteiger partial charge in [0.05, 0.1) is 28.6 Å². The molecule has 38 heavy (non-hydrogen) atoms. The first-order valence-corrected chi connectivity index (χ1v) is 14.0. The molecule has 0 aliphatic rings. The number of thioether (sulfide) groups is 1. The summed E-state index contributed by atoms with van der Waals surface area (Å²) in [5.41, 5.74) is 6.27. The molecule has 10 heteroatoms. The minimum Gasteiger partial charge on any atom is -0.345 e. The smallest absolute Gasteiger partial charge is 0.253 e. The van der Waals surface area contributed by atoms with Gasteiger partial charge in [-0.25, -0.2) is 0 Å². The normalized spacial score (nSPS) is 10.9. The van der Waals surface area contributed by atoms with Crippen molar-refractivity contribution in [2.45, 2.75) is 39.4 Å². The van der Waals surface area contributed by atoms with Gasteiger partial charge < -0.3 is 10.6 Å². The number of nitrogens with zero attached hydrogens (tertiary/aromatic N) is 3. The highest BCUT2D eigenvalue weighted by Gasteiger charge is 2.19. The fraction of sp³-hybridized carbons (Fsp3) is 0.214. The van der Waals surface area contributed by atoms with Gasteiger partial charge in [0.1, 0.15) is 0 Å². The Kier molecular flexibility index (Phi) is 8.91. The number of aromatic nitrogens is 3. The average Bonchev–Trinajstić information content (AvgIpc) is 3.29. The Morgan fingerprint density at radius 1 is 1.00 bits per heavy atom. The van der Waals surface area contributed by atoms with Gasteiger partial charge in [0.2, 0.25) is 5.91 Å². The van der Waals surface area contributed by atoms with Gasteiger partial charge in [0, 0.05) is 10.2 Å². The maximum atomic E-state index is 12.9. The SMILES string of the molecule is Cc1ccc(C)c(NC(=O)CSc2nnc(CNC(=O)c3cc(Br)ccc3Cl)n2-c2cccc(C)c2C)c1. The molecule has 3 aromatic carbocycles. The number of benzene rings is 3. The van der Waals surface area contributed by atoms with E-state index in [4.69, 9.17) is 11.6 Å². The van der Waals surface area contributed by atoms with Gasteiger partial charge in [0.25, 0.3) is 5.91 Å². The van der Waals surface area contributed by atoms with E-state index in [1.54, 1.807) is 18.2 Å². The number of hydrogen-bond acceptors (Lipinski definition) is 5. The van der Waals surface area contributed by atoms with Crippen LogP contribution in [0.5, 0.6) is 0 Å². The lowest BCUT2D eigenvalue weighted by Crippen LogP contribution is -2.25. The number of amides is 2. The lowest BCUT2D eigenvalue weighted by atomic mass is 10.1. The molecule has 0 unspecified atom stereocenters. The van der Waals surface area contributed by atoms with E-state index in [2.05, 4.69) is 36.8 Å². The van der Waals surface area contributed by atoms with Crippen LogP contribution in [0.25, 0.3) is 5.69 Å². The summed E-state index contributed by atoms with van der Waals surface area (Å²) in [5.74, 6) is 0.221. The van der Waals surface area contributed by atoms with E-state index < -0.39 is 0 Å². The second-order valence-electron chi connectivity index (χ2n) is 8.92. The first kappa shape index (κ1) is 27.9. The van der Waals surface area contributed by atoms with Crippen LogP contribution < -0.4 is 10.6 Å². The third-order valence-corrected chi connectivity index (χ3v) is 7.85. The molecule has 0 bridgehead atoms. The zero-order valence-electron chi connectivity index (χ0n) is 21.4. The lowest BCUT2D eigenvalue weighted by molar-refractivity contribution is -0.113. The highest BCUT2D eigenvalue weighted by atomic mass is 79.9. The third kappa shape index (κ3) is 6.46. The number of aryl methyl sites for hydroxylation is 3. The van der Waals surface area contributed by atoms with E-state index in [-0.39, 0.29) is 24.1 Å². The molecule has 0 atom stereocenters. The summed E-state index contributed by atoms with van der Waals surface area (Å²) in [5, 5.41) is 15.5. The predicted molar refractivity (Wildman–Crippen MR) is 156 cm³/mol. The molecule has 4 rings (SSSR count). The van der Waals surface area contributed by atoms with Crippen LogP contribution in [0.1, 0.15) is 38.4 Å². The van der Waals surface area contributed by atoms with E-state index in [1.165, 1.54) is 11.8 Å². The Bertz CT molecular complexity index is 1520. The summed E-state index contributed by atoms with van der Waals surface area (Å²) >= 11 is 10.9. The molecule has 0 saturated heterocycles. The standard InChI is InChI=1S/C28H27BrClN5O2S/c1-16-8-9-18(3)23(12-16)32-26(36)15-38-28-34-33-25(35(28)24-7-5-6-17(2)19(24)4)14-31-27(37)21-13-20(29)10-11-22(21)30/h5-13H,14-15H2,1-4H3,(H,31,37)(H,32,36). The van der Waals surface area contributed by atoms with Crippen LogP contribution in [0, 0.1) is 27.7 Å². The van der Waals surface area contributed by atoms with Crippen LogP contribution in [0.4, 0.5) is 5.69 Å². The summed E-state index contributed by atoms with van der Waals surface area (Å²) in [7, 11) is 0. The molecule has 1 aromatic heterocycles. The number of carbonyl (C=O) groups is 2. The topological polar surface area (TPSA) is 88.9 Å². The Morgan fingerprint density at radius 2 is 1.79 bits per heavy atom. The van der Waals surface area contributed by atoms with Crippen molar-refractivity contribution in [3.05, 3.63) is 97.7 Å². The molecule has 2 amide bonds. The van der Waals surface area contributed by atoms with E-state index in [9.17, 15) is 9.59 Å². The van der Waals surface area contributed by atoms with Crippen LogP contribution >= 0.6 is 39.3 Å². The molecule has 2 N–H and O–H groups in total. The van der Waals surface area contributed by atoms with Crippen LogP contribution in [0.15, 0.2) is 64.2 Å². The summed E-state index contributed by atoms with van der Waals surface area (Å²) in [4.78, 5) is 25.7. The molecule has 0 aliphatic carbocycles. The summed E-state index contributed by atoms with van der Waals surface area (Å²) < 4.78 is 2.64. The second-order valence-corrected chi connectivity index (χ2v) is 11.2. The molecule has 1 heterocycles. The number of hydrogen-bond donors (Lipinski definition) is 2. The fourth-order valence-corrected chi connectivity index (χ4v) is 5.17. The Hall–Kier alpha value is -3.14. The van der Waals surface area contributed by atoms with Gasteiger partial charge in [-0.3, -0.25) is 14.2 Å². The molecule has 0 fully saturated rings. The summed E-state index contributed by atoms with van der Waals surface area (Å²) in [6, 6.07) is 17.0. The van der Waals surface area contributed by atoms with Crippen molar-refractivity contribution < 1.29 is 9.59 Å².